The Morgan fingerprint density at radius 2 is 2.00 bits per heavy atom. The van der Waals surface area contributed by atoms with Gasteiger partial charge in [0.2, 0.25) is 0 Å². The first-order valence-corrected chi connectivity index (χ1v) is 3.94. The number of rotatable bonds is 0. The Kier molecular flexibility index (Phi) is 2.92. The van der Waals surface area contributed by atoms with Crippen molar-refractivity contribution >= 4 is 0 Å². The molecule has 2 heteroatoms. The smallest absolute Gasteiger partial charge is 0.160 e. The molecule has 2 aliphatic heterocycles. The topological polar surface area (TPSA) is 18.5 Å². The number of hydrogen-bond acceptors (Lipinski definition) is 2. The largest absolute Gasteiger partial charge is 0.352 e. The lowest BCUT2D eigenvalue weighted by atomic mass is 9.96. The summed E-state index contributed by atoms with van der Waals surface area (Å²) in [7, 11) is 0. The van der Waals surface area contributed by atoms with E-state index in [4.69, 9.17) is 9.47 Å². The van der Waals surface area contributed by atoms with Gasteiger partial charge in [0.15, 0.2) is 6.29 Å². The van der Waals surface area contributed by atoms with Gasteiger partial charge in [-0.2, -0.15) is 0 Å². The highest BCUT2D eigenvalue weighted by Gasteiger charge is 2.38. The normalized spacial score (nSPS) is 40.8. The molecule has 0 spiro atoms. The molecule has 0 radical (unpaired) electrons. The minimum Gasteiger partial charge on any atom is -0.352 e. The maximum absolute atomic E-state index is 5.37. The van der Waals surface area contributed by atoms with Crippen LogP contribution in [0.1, 0.15) is 13.3 Å². The maximum Gasteiger partial charge on any atom is 0.160 e. The summed E-state index contributed by atoms with van der Waals surface area (Å²) in [5.41, 5.74) is 0. The molecule has 62 valence electrons. The third-order valence-electron chi connectivity index (χ3n) is 2.34. The van der Waals surface area contributed by atoms with Crippen molar-refractivity contribution in [2.24, 2.45) is 11.8 Å². The molecule has 0 bridgehead atoms. The number of ether oxygens (including phenoxy) is 2. The molecule has 1 unspecified atom stereocenters. The van der Waals surface area contributed by atoms with Crippen LogP contribution in [-0.2, 0) is 9.47 Å². The lowest BCUT2D eigenvalue weighted by Crippen LogP contribution is -2.12. The van der Waals surface area contributed by atoms with Crippen LogP contribution in [0.3, 0.4) is 0 Å². The molecule has 2 aliphatic rings. The Labute approximate surface area is 67.9 Å². The van der Waals surface area contributed by atoms with Crippen molar-refractivity contribution in [3.8, 4) is 12.8 Å². The van der Waals surface area contributed by atoms with Crippen LogP contribution in [0.2, 0.25) is 0 Å². The van der Waals surface area contributed by atoms with E-state index in [0.29, 0.717) is 5.92 Å². The first-order valence-electron chi connectivity index (χ1n) is 3.94. The van der Waals surface area contributed by atoms with Crippen molar-refractivity contribution in [2.45, 2.75) is 19.6 Å². The van der Waals surface area contributed by atoms with Gasteiger partial charge in [0.25, 0.3) is 0 Å². The highest BCUT2D eigenvalue weighted by Crippen LogP contribution is 2.34. The Balaban J connectivity index is 0.000000281. The quantitative estimate of drug-likeness (QED) is 0.489. The Bertz CT molecular complexity index is 142. The fourth-order valence-electron chi connectivity index (χ4n) is 1.67. The van der Waals surface area contributed by atoms with E-state index in [1.54, 1.807) is 0 Å². The fourth-order valence-corrected chi connectivity index (χ4v) is 1.67. The molecule has 2 heterocycles. The van der Waals surface area contributed by atoms with Gasteiger partial charge in [0.05, 0.1) is 13.2 Å². The van der Waals surface area contributed by atoms with Crippen LogP contribution in [0.4, 0.5) is 0 Å². The molecule has 2 nitrogen and oxygen atoms in total. The van der Waals surface area contributed by atoms with E-state index in [-0.39, 0.29) is 6.29 Å². The van der Waals surface area contributed by atoms with Gasteiger partial charge in [0, 0.05) is 5.92 Å². The molecule has 11 heavy (non-hydrogen) atoms. The van der Waals surface area contributed by atoms with Crippen LogP contribution in [0.25, 0.3) is 0 Å². The van der Waals surface area contributed by atoms with Gasteiger partial charge in [-0.05, 0) is 12.3 Å². The van der Waals surface area contributed by atoms with Gasteiger partial charge >= 0.3 is 0 Å². The zero-order chi connectivity index (χ0) is 8.27. The lowest BCUT2D eigenvalue weighted by molar-refractivity contribution is -0.0905. The van der Waals surface area contributed by atoms with E-state index in [9.17, 15) is 0 Å². The molecule has 0 aromatic carbocycles. The predicted molar refractivity (Wildman–Crippen MR) is 42.9 cm³/mol. The number of terminal acetylenes is 1. The molecule has 0 N–H and O–H groups in total. The molecule has 0 saturated carbocycles. The van der Waals surface area contributed by atoms with Gasteiger partial charge in [-0.15, -0.1) is 12.8 Å². The van der Waals surface area contributed by atoms with Crippen LogP contribution in [0.5, 0.6) is 0 Å². The third-order valence-corrected chi connectivity index (χ3v) is 2.34. The molecule has 0 amide bonds. The first kappa shape index (κ1) is 8.58. The molecule has 0 aromatic rings. The average Bonchev–Trinajstić information content (AvgIpc) is 2.60. The molecular formula is C9H14O2. The van der Waals surface area contributed by atoms with E-state index in [1.165, 1.54) is 6.42 Å². The van der Waals surface area contributed by atoms with Gasteiger partial charge in [-0.25, -0.2) is 0 Å². The monoisotopic (exact) mass is 154 g/mol. The molecule has 2 fully saturated rings. The van der Waals surface area contributed by atoms with Crippen molar-refractivity contribution in [1.82, 2.24) is 0 Å². The fraction of sp³-hybridized carbons (Fsp3) is 0.778. The summed E-state index contributed by atoms with van der Waals surface area (Å²) in [6, 6.07) is 0. The van der Waals surface area contributed by atoms with Crippen LogP contribution in [0.15, 0.2) is 0 Å². The molecule has 2 saturated heterocycles. The van der Waals surface area contributed by atoms with E-state index in [0.717, 1.165) is 19.1 Å². The van der Waals surface area contributed by atoms with Crippen LogP contribution in [0, 0.1) is 24.7 Å². The number of hydrogen-bond donors (Lipinski definition) is 0. The minimum absolute atomic E-state index is 0.153. The standard InChI is InChI=1S/C7H12O2.C2H2/c1-5-4-9-7-6(5)2-3-8-7;1-2/h5-7H,2-4H2,1H3;1-2H/t5?,6-,7+;/m0./s1. The lowest BCUT2D eigenvalue weighted by Gasteiger charge is -2.07. The summed E-state index contributed by atoms with van der Waals surface area (Å²) in [6.07, 6.45) is 9.35. The summed E-state index contributed by atoms with van der Waals surface area (Å²) < 4.78 is 10.7. The van der Waals surface area contributed by atoms with Crippen molar-refractivity contribution in [1.29, 1.82) is 0 Å². The second-order valence-corrected chi connectivity index (χ2v) is 3.00. The average molecular weight is 154 g/mol. The van der Waals surface area contributed by atoms with Crippen molar-refractivity contribution in [3.63, 3.8) is 0 Å². The summed E-state index contributed by atoms with van der Waals surface area (Å²) in [5.74, 6) is 1.42. The van der Waals surface area contributed by atoms with Crippen LogP contribution >= 0.6 is 0 Å². The van der Waals surface area contributed by atoms with Crippen LogP contribution in [-0.4, -0.2) is 19.5 Å². The van der Waals surface area contributed by atoms with Gasteiger partial charge in [0.1, 0.15) is 0 Å². The highest BCUT2D eigenvalue weighted by molar-refractivity contribution is 4.79. The summed E-state index contributed by atoms with van der Waals surface area (Å²) >= 11 is 0. The molecule has 3 atom stereocenters. The molecule has 2 rings (SSSR count). The summed E-state index contributed by atoms with van der Waals surface area (Å²) in [4.78, 5) is 0. The second kappa shape index (κ2) is 3.75. The van der Waals surface area contributed by atoms with Crippen molar-refractivity contribution in [3.05, 3.63) is 0 Å². The molecular weight excluding hydrogens is 140 g/mol. The van der Waals surface area contributed by atoms with E-state index in [2.05, 4.69) is 19.8 Å². The zero-order valence-electron chi connectivity index (χ0n) is 6.82. The summed E-state index contributed by atoms with van der Waals surface area (Å²) in [6.45, 7) is 4.04. The second-order valence-electron chi connectivity index (χ2n) is 3.00. The SMILES string of the molecule is C#C.CC1CO[C@H]2OCC[C@@H]12. The highest BCUT2D eigenvalue weighted by atomic mass is 16.7. The van der Waals surface area contributed by atoms with Crippen molar-refractivity contribution < 1.29 is 9.47 Å². The Morgan fingerprint density at radius 1 is 1.27 bits per heavy atom. The Hall–Kier alpha value is -0.520. The van der Waals surface area contributed by atoms with Gasteiger partial charge < -0.3 is 9.47 Å². The summed E-state index contributed by atoms with van der Waals surface area (Å²) in [5, 5.41) is 0. The predicted octanol–water partition coefficient (Wildman–Crippen LogP) is 1.26. The number of fused-ring (bicyclic) bond motifs is 1. The molecule has 0 aromatic heterocycles. The van der Waals surface area contributed by atoms with Gasteiger partial charge in [-0.1, -0.05) is 6.92 Å². The van der Waals surface area contributed by atoms with Crippen LogP contribution < -0.4 is 0 Å². The minimum atomic E-state index is 0.153. The van der Waals surface area contributed by atoms with E-state index < -0.39 is 0 Å². The Morgan fingerprint density at radius 3 is 2.64 bits per heavy atom. The molecule has 0 aliphatic carbocycles. The maximum atomic E-state index is 5.37. The van der Waals surface area contributed by atoms with E-state index in [1.807, 2.05) is 0 Å². The third kappa shape index (κ3) is 1.55. The van der Waals surface area contributed by atoms with Gasteiger partial charge in [-0.3, -0.25) is 0 Å². The zero-order valence-corrected chi connectivity index (χ0v) is 6.82. The van der Waals surface area contributed by atoms with Crippen molar-refractivity contribution in [2.75, 3.05) is 13.2 Å². The first-order chi connectivity index (χ1) is 5.38. The van der Waals surface area contributed by atoms with E-state index >= 15 is 0 Å².